The van der Waals surface area contributed by atoms with E-state index in [9.17, 15) is 0 Å². The van der Waals surface area contributed by atoms with Gasteiger partial charge >= 0.3 is 0 Å². The van der Waals surface area contributed by atoms with E-state index in [-0.39, 0.29) is 6.04 Å². The molecule has 0 amide bonds. The number of benzene rings is 1. The molecule has 2 rings (SSSR count). The maximum absolute atomic E-state index is 6.26. The summed E-state index contributed by atoms with van der Waals surface area (Å²) >= 11 is 1.79. The number of nitrogens with two attached hydrogens (primary N) is 1. The van der Waals surface area contributed by atoms with Crippen LogP contribution in [0.2, 0.25) is 0 Å². The molecule has 3 heteroatoms. The van der Waals surface area contributed by atoms with Crippen LogP contribution in [0.5, 0.6) is 0 Å². The zero-order valence-corrected chi connectivity index (χ0v) is 11.5. The van der Waals surface area contributed by atoms with Crippen LogP contribution in [0.25, 0.3) is 0 Å². The molecule has 2 nitrogen and oxygen atoms in total. The molecule has 0 saturated heterocycles. The molecule has 1 aromatic carbocycles. The highest BCUT2D eigenvalue weighted by atomic mass is 32.1. The van der Waals surface area contributed by atoms with Crippen molar-refractivity contribution in [2.75, 3.05) is 6.54 Å². The van der Waals surface area contributed by atoms with Gasteiger partial charge in [0.25, 0.3) is 0 Å². The van der Waals surface area contributed by atoms with Crippen LogP contribution in [-0.4, -0.2) is 6.54 Å². The van der Waals surface area contributed by atoms with Gasteiger partial charge in [-0.25, -0.2) is 0 Å². The maximum atomic E-state index is 6.26. The number of rotatable bonds is 6. The van der Waals surface area contributed by atoms with Crippen LogP contribution in [0, 0.1) is 5.92 Å². The van der Waals surface area contributed by atoms with E-state index in [0.29, 0.717) is 5.92 Å². The van der Waals surface area contributed by atoms with Crippen molar-refractivity contribution in [3.05, 3.63) is 58.3 Å². The minimum Gasteiger partial charge on any atom is -0.324 e. The van der Waals surface area contributed by atoms with Gasteiger partial charge in [-0.15, -0.1) is 11.3 Å². The lowest BCUT2D eigenvalue weighted by Crippen LogP contribution is -2.29. The van der Waals surface area contributed by atoms with E-state index in [1.54, 1.807) is 11.3 Å². The Morgan fingerprint density at radius 3 is 2.61 bits per heavy atom. The molecule has 0 bridgehead atoms. The van der Waals surface area contributed by atoms with Gasteiger partial charge in [-0.2, -0.15) is 0 Å². The lowest BCUT2D eigenvalue weighted by atomic mass is 9.95. The van der Waals surface area contributed by atoms with Gasteiger partial charge < -0.3 is 11.1 Å². The average molecular weight is 260 g/mol. The van der Waals surface area contributed by atoms with E-state index >= 15 is 0 Å². The molecule has 2 aromatic rings. The summed E-state index contributed by atoms with van der Waals surface area (Å²) in [5.41, 5.74) is 7.47. The standard InChI is InChI=1S/C15H20N2S/c1-12(10-17-11-14-8-5-9-18-14)15(16)13-6-3-2-4-7-13/h2-9,12,15,17H,10-11,16H2,1H3. The fourth-order valence-electron chi connectivity index (χ4n) is 1.97. The largest absolute Gasteiger partial charge is 0.324 e. The predicted molar refractivity (Wildman–Crippen MR) is 78.6 cm³/mol. The smallest absolute Gasteiger partial charge is 0.0333 e. The highest BCUT2D eigenvalue weighted by Gasteiger charge is 2.13. The third-order valence-corrected chi connectivity index (χ3v) is 4.02. The third kappa shape index (κ3) is 3.67. The second-order valence-corrected chi connectivity index (χ2v) is 5.66. The van der Waals surface area contributed by atoms with Crippen LogP contribution < -0.4 is 11.1 Å². The summed E-state index contributed by atoms with van der Waals surface area (Å²) in [5, 5.41) is 5.58. The summed E-state index contributed by atoms with van der Waals surface area (Å²) in [4.78, 5) is 1.37. The first-order chi connectivity index (χ1) is 8.77. The van der Waals surface area contributed by atoms with Gasteiger partial charge in [0.1, 0.15) is 0 Å². The third-order valence-electron chi connectivity index (χ3n) is 3.14. The Kier molecular flexibility index (Phi) is 4.93. The van der Waals surface area contributed by atoms with Gasteiger partial charge in [0.15, 0.2) is 0 Å². The molecule has 18 heavy (non-hydrogen) atoms. The second-order valence-electron chi connectivity index (χ2n) is 4.62. The summed E-state index contributed by atoms with van der Waals surface area (Å²) < 4.78 is 0. The first kappa shape index (κ1) is 13.3. The zero-order chi connectivity index (χ0) is 12.8. The maximum Gasteiger partial charge on any atom is 0.0333 e. The van der Waals surface area contributed by atoms with Crippen molar-refractivity contribution in [1.29, 1.82) is 0 Å². The Hall–Kier alpha value is -1.16. The van der Waals surface area contributed by atoms with Crippen LogP contribution in [0.1, 0.15) is 23.4 Å². The monoisotopic (exact) mass is 260 g/mol. The van der Waals surface area contributed by atoms with Crippen molar-refractivity contribution in [3.63, 3.8) is 0 Å². The average Bonchev–Trinajstić information content (AvgIpc) is 2.92. The lowest BCUT2D eigenvalue weighted by Gasteiger charge is -2.20. The van der Waals surface area contributed by atoms with Crippen molar-refractivity contribution in [2.24, 2.45) is 11.7 Å². The molecular weight excluding hydrogens is 240 g/mol. The molecule has 2 unspecified atom stereocenters. The summed E-state index contributed by atoms with van der Waals surface area (Å²) in [6.45, 7) is 4.07. The highest BCUT2D eigenvalue weighted by molar-refractivity contribution is 7.09. The van der Waals surface area contributed by atoms with Gasteiger partial charge in [-0.1, -0.05) is 43.3 Å². The Morgan fingerprint density at radius 2 is 1.94 bits per heavy atom. The molecule has 1 aromatic heterocycles. The van der Waals surface area contributed by atoms with Gasteiger partial charge in [0, 0.05) is 17.5 Å². The minimum atomic E-state index is 0.0991. The van der Waals surface area contributed by atoms with E-state index in [4.69, 9.17) is 5.73 Å². The van der Waals surface area contributed by atoms with Gasteiger partial charge in [-0.3, -0.25) is 0 Å². The van der Waals surface area contributed by atoms with E-state index in [1.165, 1.54) is 10.4 Å². The highest BCUT2D eigenvalue weighted by Crippen LogP contribution is 2.18. The lowest BCUT2D eigenvalue weighted by molar-refractivity contribution is 0.435. The molecule has 2 atom stereocenters. The van der Waals surface area contributed by atoms with E-state index in [0.717, 1.165) is 13.1 Å². The van der Waals surface area contributed by atoms with Crippen LogP contribution >= 0.6 is 11.3 Å². The van der Waals surface area contributed by atoms with Crippen LogP contribution in [0.3, 0.4) is 0 Å². The van der Waals surface area contributed by atoms with Crippen molar-refractivity contribution in [1.82, 2.24) is 5.32 Å². The van der Waals surface area contributed by atoms with E-state index in [1.807, 2.05) is 18.2 Å². The zero-order valence-electron chi connectivity index (χ0n) is 10.7. The molecule has 0 saturated carbocycles. The first-order valence-corrected chi connectivity index (χ1v) is 7.19. The molecule has 0 aliphatic heterocycles. The SMILES string of the molecule is CC(CNCc1cccs1)C(N)c1ccccc1. The molecule has 0 radical (unpaired) electrons. The molecular formula is C15H20N2S. The van der Waals surface area contributed by atoms with Crippen LogP contribution in [-0.2, 0) is 6.54 Å². The number of thiophene rings is 1. The fourth-order valence-corrected chi connectivity index (χ4v) is 2.64. The Bertz CT molecular complexity index is 439. The number of hydrogen-bond donors (Lipinski definition) is 2. The predicted octanol–water partition coefficient (Wildman–Crippen LogP) is 3.17. The summed E-state index contributed by atoms with van der Waals surface area (Å²) in [6.07, 6.45) is 0. The summed E-state index contributed by atoms with van der Waals surface area (Å²) in [5.74, 6) is 0.423. The Morgan fingerprint density at radius 1 is 1.17 bits per heavy atom. The van der Waals surface area contributed by atoms with E-state index < -0.39 is 0 Å². The van der Waals surface area contributed by atoms with Crippen LogP contribution in [0.15, 0.2) is 47.8 Å². The molecule has 1 heterocycles. The minimum absolute atomic E-state index is 0.0991. The Labute approximate surface area is 113 Å². The topological polar surface area (TPSA) is 38.0 Å². The Balaban J connectivity index is 1.79. The van der Waals surface area contributed by atoms with E-state index in [2.05, 4.69) is 41.9 Å². The summed E-state index contributed by atoms with van der Waals surface area (Å²) in [7, 11) is 0. The van der Waals surface area contributed by atoms with Crippen molar-refractivity contribution in [3.8, 4) is 0 Å². The second kappa shape index (κ2) is 6.69. The fraction of sp³-hybridized carbons (Fsp3) is 0.333. The first-order valence-electron chi connectivity index (χ1n) is 6.31. The number of hydrogen-bond acceptors (Lipinski definition) is 3. The van der Waals surface area contributed by atoms with Crippen molar-refractivity contribution in [2.45, 2.75) is 19.5 Å². The summed E-state index contributed by atoms with van der Waals surface area (Å²) in [6, 6.07) is 14.6. The molecule has 3 N–H and O–H groups in total. The van der Waals surface area contributed by atoms with Crippen molar-refractivity contribution >= 4 is 11.3 Å². The normalized spacial score (nSPS) is 14.3. The molecule has 0 aliphatic rings. The van der Waals surface area contributed by atoms with Crippen LogP contribution in [0.4, 0.5) is 0 Å². The number of nitrogens with one attached hydrogen (secondary N) is 1. The van der Waals surface area contributed by atoms with Gasteiger partial charge in [0.2, 0.25) is 0 Å². The quantitative estimate of drug-likeness (QED) is 0.837. The molecule has 0 aliphatic carbocycles. The molecule has 96 valence electrons. The molecule has 0 fully saturated rings. The van der Waals surface area contributed by atoms with Crippen molar-refractivity contribution < 1.29 is 0 Å². The van der Waals surface area contributed by atoms with Gasteiger partial charge in [0.05, 0.1) is 0 Å². The molecule has 0 spiro atoms. The van der Waals surface area contributed by atoms with Gasteiger partial charge in [-0.05, 0) is 29.5 Å².